The summed E-state index contributed by atoms with van der Waals surface area (Å²) < 4.78 is 35.3. The third kappa shape index (κ3) is 4.34. The maximum absolute atomic E-state index is 11.8. The predicted molar refractivity (Wildman–Crippen MR) is 42.7 cm³/mol. The van der Waals surface area contributed by atoms with Gasteiger partial charge in [0.15, 0.2) is 5.78 Å². The number of pyridine rings is 1. The van der Waals surface area contributed by atoms with Crippen LogP contribution < -0.4 is 34.7 Å². The SMILES string of the molecule is O=C(/C=C(/[O-])C(F)(F)F)c1cccnc1.[Na+]. The van der Waals surface area contributed by atoms with E-state index in [2.05, 4.69) is 4.98 Å². The van der Waals surface area contributed by atoms with Gasteiger partial charge < -0.3 is 5.11 Å². The zero-order valence-electron chi connectivity index (χ0n) is 8.28. The summed E-state index contributed by atoms with van der Waals surface area (Å²) in [6.07, 6.45) is -2.56. The average molecular weight is 239 g/mol. The van der Waals surface area contributed by atoms with E-state index in [1.807, 2.05) is 0 Å². The van der Waals surface area contributed by atoms with Crippen LogP contribution in [0.3, 0.4) is 0 Å². The average Bonchev–Trinajstić information content (AvgIpc) is 2.17. The normalized spacial score (nSPS) is 11.8. The van der Waals surface area contributed by atoms with Crippen LogP contribution in [0.5, 0.6) is 0 Å². The second-order valence-electron chi connectivity index (χ2n) is 2.61. The molecule has 0 saturated carbocycles. The van der Waals surface area contributed by atoms with E-state index in [0.717, 1.165) is 6.20 Å². The monoisotopic (exact) mass is 239 g/mol. The van der Waals surface area contributed by atoms with E-state index in [0.29, 0.717) is 0 Å². The number of aromatic nitrogens is 1. The molecule has 0 atom stereocenters. The van der Waals surface area contributed by atoms with Gasteiger partial charge in [0.05, 0.1) is 0 Å². The Morgan fingerprint density at radius 1 is 1.44 bits per heavy atom. The molecule has 0 spiro atoms. The predicted octanol–water partition coefficient (Wildman–Crippen LogP) is -1.93. The standard InChI is InChI=1S/C9H6F3NO2.Na/c10-9(11,12)8(15)4-7(14)6-2-1-3-13-5-6;/h1-5,15H;/q;+1/p-1/b8-4+;. The van der Waals surface area contributed by atoms with Crippen LogP contribution in [0.15, 0.2) is 36.4 Å². The van der Waals surface area contributed by atoms with Crippen LogP contribution in [0.25, 0.3) is 0 Å². The van der Waals surface area contributed by atoms with E-state index in [1.165, 1.54) is 18.3 Å². The van der Waals surface area contributed by atoms with Gasteiger partial charge >= 0.3 is 35.7 Å². The Balaban J connectivity index is 0.00000225. The zero-order valence-corrected chi connectivity index (χ0v) is 10.3. The number of halogens is 3. The molecule has 0 N–H and O–H groups in total. The van der Waals surface area contributed by atoms with Crippen molar-refractivity contribution in [2.45, 2.75) is 6.18 Å². The summed E-state index contributed by atoms with van der Waals surface area (Å²) in [6, 6.07) is 2.66. The molecule has 1 heterocycles. The van der Waals surface area contributed by atoms with Crippen LogP contribution >= 0.6 is 0 Å². The van der Waals surface area contributed by atoms with Gasteiger partial charge in [0.1, 0.15) is 0 Å². The fraction of sp³-hybridized carbons (Fsp3) is 0.111. The molecule has 0 bridgehead atoms. The third-order valence-corrected chi connectivity index (χ3v) is 1.49. The zero-order chi connectivity index (χ0) is 11.5. The van der Waals surface area contributed by atoms with Crippen molar-refractivity contribution in [2.24, 2.45) is 0 Å². The summed E-state index contributed by atoms with van der Waals surface area (Å²) in [6.45, 7) is 0. The fourth-order valence-electron chi connectivity index (χ4n) is 0.793. The Kier molecular flexibility index (Phi) is 5.71. The summed E-state index contributed by atoms with van der Waals surface area (Å²) in [5.41, 5.74) is -0.0601. The Hall–Kier alpha value is -0.850. The molecule has 16 heavy (non-hydrogen) atoms. The van der Waals surface area contributed by atoms with Crippen molar-refractivity contribution in [1.29, 1.82) is 0 Å². The van der Waals surface area contributed by atoms with Gasteiger partial charge in [0.25, 0.3) is 0 Å². The first kappa shape index (κ1) is 15.2. The van der Waals surface area contributed by atoms with Gasteiger partial charge in [-0.3, -0.25) is 9.78 Å². The van der Waals surface area contributed by atoms with Crippen molar-refractivity contribution in [3.05, 3.63) is 41.9 Å². The van der Waals surface area contributed by atoms with Gasteiger partial charge in [0, 0.05) is 18.0 Å². The second-order valence-corrected chi connectivity index (χ2v) is 2.61. The smallest absolute Gasteiger partial charge is 0.869 e. The molecule has 0 radical (unpaired) electrons. The summed E-state index contributed by atoms with van der Waals surface area (Å²) in [4.78, 5) is 14.6. The molecule has 3 nitrogen and oxygen atoms in total. The minimum Gasteiger partial charge on any atom is -0.869 e. The van der Waals surface area contributed by atoms with Gasteiger partial charge in [-0.2, -0.15) is 13.2 Å². The minimum atomic E-state index is -5.02. The van der Waals surface area contributed by atoms with Crippen LogP contribution in [0, 0.1) is 0 Å². The van der Waals surface area contributed by atoms with Crippen LogP contribution in [0.1, 0.15) is 10.4 Å². The molecule has 1 rings (SSSR count). The topological polar surface area (TPSA) is 53.0 Å². The maximum Gasteiger partial charge on any atom is 1.00 e. The summed E-state index contributed by atoms with van der Waals surface area (Å²) in [5, 5.41) is 10.4. The van der Waals surface area contributed by atoms with E-state index < -0.39 is 17.7 Å². The quantitative estimate of drug-likeness (QED) is 0.261. The summed E-state index contributed by atoms with van der Waals surface area (Å²) in [5.74, 6) is -3.18. The summed E-state index contributed by atoms with van der Waals surface area (Å²) >= 11 is 0. The molecule has 0 aliphatic rings. The molecule has 1 aromatic heterocycles. The van der Waals surface area contributed by atoms with Gasteiger partial charge in [-0.15, -0.1) is 0 Å². The van der Waals surface area contributed by atoms with Gasteiger partial charge in [0.2, 0.25) is 0 Å². The Morgan fingerprint density at radius 2 is 2.06 bits per heavy atom. The first-order chi connectivity index (χ1) is 6.91. The molecule has 0 amide bonds. The van der Waals surface area contributed by atoms with Gasteiger partial charge in [-0.05, 0) is 24.0 Å². The van der Waals surface area contributed by atoms with Crippen molar-refractivity contribution >= 4 is 5.78 Å². The number of nitrogens with zero attached hydrogens (tertiary/aromatic N) is 1. The number of carbonyl (C=O) groups is 1. The molecule has 0 saturated heterocycles. The number of hydrogen-bond acceptors (Lipinski definition) is 3. The fourth-order valence-corrected chi connectivity index (χ4v) is 0.793. The largest absolute Gasteiger partial charge is 1.00 e. The first-order valence-electron chi connectivity index (χ1n) is 3.81. The van der Waals surface area contributed by atoms with Gasteiger partial charge in [-0.1, -0.05) is 0 Å². The van der Waals surface area contributed by atoms with E-state index in [-0.39, 0.29) is 41.2 Å². The van der Waals surface area contributed by atoms with Crippen molar-refractivity contribution in [1.82, 2.24) is 4.98 Å². The van der Waals surface area contributed by atoms with E-state index >= 15 is 0 Å². The van der Waals surface area contributed by atoms with E-state index in [1.54, 1.807) is 0 Å². The molecule has 0 aliphatic heterocycles. The number of ketones is 1. The molecular formula is C9H5F3NNaO2. The van der Waals surface area contributed by atoms with Crippen molar-refractivity contribution in [3.63, 3.8) is 0 Å². The molecule has 1 aromatic rings. The number of hydrogen-bond donors (Lipinski definition) is 0. The van der Waals surface area contributed by atoms with Crippen molar-refractivity contribution in [2.75, 3.05) is 0 Å². The Bertz CT molecular complexity index is 389. The minimum absolute atomic E-state index is 0. The second kappa shape index (κ2) is 6.03. The molecular weight excluding hydrogens is 234 g/mol. The van der Waals surface area contributed by atoms with Crippen LogP contribution in [0.2, 0.25) is 0 Å². The molecule has 0 aromatic carbocycles. The molecule has 7 heteroatoms. The number of alkyl halides is 3. The Morgan fingerprint density at radius 3 is 2.50 bits per heavy atom. The van der Waals surface area contributed by atoms with E-state index in [9.17, 15) is 23.1 Å². The molecule has 80 valence electrons. The van der Waals surface area contributed by atoms with Crippen molar-refractivity contribution in [3.8, 4) is 0 Å². The van der Waals surface area contributed by atoms with E-state index in [4.69, 9.17) is 0 Å². The van der Waals surface area contributed by atoms with Crippen molar-refractivity contribution < 1.29 is 52.6 Å². The van der Waals surface area contributed by atoms with Crippen LogP contribution in [-0.4, -0.2) is 16.9 Å². The molecule has 0 fully saturated rings. The molecule has 0 aliphatic carbocycles. The summed E-state index contributed by atoms with van der Waals surface area (Å²) in [7, 11) is 0. The van der Waals surface area contributed by atoms with Crippen LogP contribution in [-0.2, 0) is 0 Å². The number of rotatable bonds is 2. The Labute approximate surface area is 111 Å². The first-order valence-corrected chi connectivity index (χ1v) is 3.81. The number of allylic oxidation sites excluding steroid dienone is 2. The third-order valence-electron chi connectivity index (χ3n) is 1.49. The molecule has 0 unspecified atom stereocenters. The number of carbonyl (C=O) groups excluding carboxylic acids is 1. The van der Waals surface area contributed by atoms with Gasteiger partial charge in [-0.25, -0.2) is 0 Å². The van der Waals surface area contributed by atoms with Crippen LogP contribution in [0.4, 0.5) is 13.2 Å². The maximum atomic E-state index is 11.8.